The number of aryl methyl sites for hydroxylation is 1. The molecule has 0 radical (unpaired) electrons. The zero-order valence-corrected chi connectivity index (χ0v) is 44.2. The predicted molar refractivity (Wildman–Crippen MR) is 294 cm³/mol. The van der Waals surface area contributed by atoms with E-state index >= 15 is 4.39 Å². The number of phenolic OH excluding ortho intramolecular Hbond substituents is 1. The molecule has 408 valence electrons. The number of ketones is 4. The molecule has 0 unspecified atom stereocenters. The summed E-state index contributed by atoms with van der Waals surface area (Å²) in [4.78, 5) is 60.4. The molecule has 2 saturated carbocycles. The molecule has 2 fully saturated rings. The van der Waals surface area contributed by atoms with Crippen LogP contribution in [0.3, 0.4) is 0 Å². The fourth-order valence-corrected chi connectivity index (χ4v) is 9.50. The number of halogens is 4. The third-order valence-corrected chi connectivity index (χ3v) is 14.5. The predicted octanol–water partition coefficient (Wildman–Crippen LogP) is 13.9. The van der Waals surface area contributed by atoms with E-state index in [-0.39, 0.29) is 83.4 Å². The molecule has 6 aromatic carbocycles. The Hall–Kier alpha value is -8.98. The minimum atomic E-state index is -1.05. The van der Waals surface area contributed by atoms with Crippen LogP contribution in [-0.4, -0.2) is 52.4 Å². The molecule has 0 aliphatic heterocycles. The van der Waals surface area contributed by atoms with Gasteiger partial charge in [0, 0.05) is 54.9 Å². The minimum Gasteiger partial charge on any atom is -0.504 e. The average molecular weight is 1090 g/mol. The lowest BCUT2D eigenvalue weighted by atomic mass is 9.88. The highest BCUT2D eigenvalue weighted by atomic mass is 19.1. The maximum atomic E-state index is 15.0. The summed E-state index contributed by atoms with van der Waals surface area (Å²) in [5.74, 6) is -1.39. The summed E-state index contributed by atoms with van der Waals surface area (Å²) in [7, 11) is 2.99. The standard InChI is InChI=1S/C30H25F2NO4.C29H23F2NO5.C6H8/c1-18-13-24-22(17-27(18)36-2)25(9-12-33-24)37-26-8-5-20(14-23(26)32)16-29(35)30(10-11-30)28(34)15-19-3-6-21(31)7-4-19;1-36-26-15-20-22(16-23(26)33)32-11-8-24(20)37-25-7-4-18(12-21(25)31)14-28(35)29(9-10-29)27(34)13-17-2-5-19(30)6-3-17;1-2-4-6-5-3-1/h3-9,12-14,17H,10-11,15-16H2,1-2H3;2-8,11-12,15-16,33H,9-10,13-14H2,1H3;1-2,5-6H,3-4H2. The minimum absolute atomic E-state index is 0.0109. The summed E-state index contributed by atoms with van der Waals surface area (Å²) >= 11 is 0. The first-order valence-corrected chi connectivity index (χ1v) is 26.0. The van der Waals surface area contributed by atoms with E-state index in [0.29, 0.717) is 87.0 Å². The molecule has 80 heavy (non-hydrogen) atoms. The average Bonchev–Trinajstić information content (AvgIpc) is 4.48. The van der Waals surface area contributed by atoms with Crippen molar-refractivity contribution in [2.75, 3.05) is 14.2 Å². The topological polar surface area (TPSA) is 151 Å². The Kier molecular flexibility index (Phi) is 17.0. The molecule has 0 atom stereocenters. The Morgan fingerprint density at radius 1 is 0.463 bits per heavy atom. The van der Waals surface area contributed by atoms with E-state index in [4.69, 9.17) is 18.9 Å². The largest absolute Gasteiger partial charge is 0.504 e. The van der Waals surface area contributed by atoms with Crippen molar-refractivity contribution in [3.05, 3.63) is 209 Å². The first-order chi connectivity index (χ1) is 38.6. The molecule has 0 bridgehead atoms. The van der Waals surface area contributed by atoms with Crippen molar-refractivity contribution in [2.24, 2.45) is 10.8 Å². The third kappa shape index (κ3) is 13.0. The number of pyridine rings is 2. The molecule has 11 rings (SSSR count). The molecule has 11 nitrogen and oxygen atoms in total. The van der Waals surface area contributed by atoms with Gasteiger partial charge >= 0.3 is 0 Å². The number of Topliss-reactive ketones (excluding diaryl/α,β-unsaturated/α-hetero) is 4. The van der Waals surface area contributed by atoms with Crippen LogP contribution in [0.5, 0.6) is 40.2 Å². The second-order valence-corrected chi connectivity index (χ2v) is 20.0. The molecular weight excluding hydrogens is 1030 g/mol. The fourth-order valence-electron chi connectivity index (χ4n) is 9.50. The van der Waals surface area contributed by atoms with Gasteiger partial charge in [-0.2, -0.15) is 0 Å². The zero-order chi connectivity index (χ0) is 56.6. The highest BCUT2D eigenvalue weighted by molar-refractivity contribution is 6.11. The third-order valence-electron chi connectivity index (χ3n) is 14.5. The molecule has 3 aliphatic rings. The van der Waals surface area contributed by atoms with Gasteiger partial charge in [-0.15, -0.1) is 0 Å². The Bertz CT molecular complexity index is 3450. The first-order valence-electron chi connectivity index (χ1n) is 26.0. The van der Waals surface area contributed by atoms with Gasteiger partial charge in [0.1, 0.15) is 28.9 Å². The Morgan fingerprint density at radius 2 is 0.838 bits per heavy atom. The van der Waals surface area contributed by atoms with Gasteiger partial charge in [-0.1, -0.05) is 60.7 Å². The van der Waals surface area contributed by atoms with E-state index in [1.54, 1.807) is 61.8 Å². The summed E-state index contributed by atoms with van der Waals surface area (Å²) in [5, 5.41) is 11.2. The smallest absolute Gasteiger partial charge is 0.166 e. The van der Waals surface area contributed by atoms with Crippen molar-refractivity contribution in [2.45, 2.75) is 71.1 Å². The van der Waals surface area contributed by atoms with Gasteiger partial charge in [0.15, 0.2) is 57.8 Å². The molecule has 1 N–H and O–H groups in total. The van der Waals surface area contributed by atoms with Gasteiger partial charge in [-0.25, -0.2) is 17.6 Å². The molecule has 0 amide bonds. The summed E-state index contributed by atoms with van der Waals surface area (Å²) < 4.78 is 78.5. The molecule has 15 heteroatoms. The quantitative estimate of drug-likeness (QED) is 0.0497. The summed E-state index contributed by atoms with van der Waals surface area (Å²) in [5.41, 5.74) is 2.17. The number of allylic oxidation sites excluding steroid dienone is 4. The zero-order valence-electron chi connectivity index (χ0n) is 44.2. The Morgan fingerprint density at radius 3 is 1.21 bits per heavy atom. The molecule has 0 spiro atoms. The lowest BCUT2D eigenvalue weighted by Crippen LogP contribution is -2.28. The SMILES string of the molecule is C1=CCC=CC1.COc1cc2c(Oc3ccc(CC(=O)C4(C(=O)Cc5ccc(F)cc5)CC4)cc3F)ccnc2cc1C.COc1cc2c(Oc3ccc(CC(=O)C4(C(=O)Cc5ccc(F)cc5)CC4)cc3F)ccnc2cc1O. The van der Waals surface area contributed by atoms with Crippen molar-refractivity contribution in [3.8, 4) is 40.2 Å². The van der Waals surface area contributed by atoms with Crippen LogP contribution in [0, 0.1) is 41.0 Å². The van der Waals surface area contributed by atoms with Crippen molar-refractivity contribution in [1.82, 2.24) is 9.97 Å². The van der Waals surface area contributed by atoms with E-state index in [1.165, 1.54) is 80.0 Å². The number of aromatic hydroxyl groups is 1. The molecule has 8 aromatic rings. The van der Waals surface area contributed by atoms with Crippen LogP contribution in [-0.2, 0) is 44.9 Å². The fraction of sp³-hybridized carbons (Fsp3) is 0.231. The number of benzene rings is 6. The first kappa shape index (κ1) is 55.8. The highest BCUT2D eigenvalue weighted by Gasteiger charge is 2.55. The van der Waals surface area contributed by atoms with Crippen LogP contribution in [0.15, 0.2) is 158 Å². The number of nitrogens with zero attached hydrogens (tertiary/aromatic N) is 2. The Labute approximate surface area is 459 Å². The number of phenols is 1. The normalized spacial score (nSPS) is 14.2. The van der Waals surface area contributed by atoms with Crippen LogP contribution < -0.4 is 18.9 Å². The van der Waals surface area contributed by atoms with Gasteiger partial charge in [0.05, 0.1) is 36.1 Å². The summed E-state index contributed by atoms with van der Waals surface area (Å²) in [6, 6.07) is 29.8. The molecule has 2 aromatic heterocycles. The maximum Gasteiger partial charge on any atom is 0.166 e. The number of methoxy groups -OCH3 is 2. The van der Waals surface area contributed by atoms with Crippen molar-refractivity contribution in [1.29, 1.82) is 0 Å². The molecule has 0 saturated heterocycles. The lowest BCUT2D eigenvalue weighted by molar-refractivity contribution is -0.135. The van der Waals surface area contributed by atoms with E-state index < -0.39 is 22.5 Å². The highest BCUT2D eigenvalue weighted by Crippen LogP contribution is 2.50. The van der Waals surface area contributed by atoms with Gasteiger partial charge in [0.25, 0.3) is 0 Å². The second-order valence-electron chi connectivity index (χ2n) is 20.0. The van der Waals surface area contributed by atoms with Gasteiger partial charge in [0.2, 0.25) is 0 Å². The summed E-state index contributed by atoms with van der Waals surface area (Å²) in [6.07, 6.45) is 15.9. The van der Waals surface area contributed by atoms with Crippen LogP contribution in [0.25, 0.3) is 21.8 Å². The van der Waals surface area contributed by atoms with Crippen LogP contribution in [0.1, 0.15) is 66.3 Å². The lowest BCUT2D eigenvalue weighted by Gasteiger charge is -2.14. The number of fused-ring (bicyclic) bond motifs is 2. The molecule has 3 aliphatic carbocycles. The number of aromatic nitrogens is 2. The number of rotatable bonds is 18. The van der Waals surface area contributed by atoms with E-state index in [9.17, 15) is 37.5 Å². The second kappa shape index (κ2) is 24.4. The number of carbonyl (C=O) groups is 4. The molecule has 2 heterocycles. The summed E-state index contributed by atoms with van der Waals surface area (Å²) in [6.45, 7) is 1.91. The molecular formula is C65H56F4N2O9. The van der Waals surface area contributed by atoms with Crippen molar-refractivity contribution < 1.29 is 60.8 Å². The number of carbonyl (C=O) groups excluding carboxylic acids is 4. The van der Waals surface area contributed by atoms with Crippen molar-refractivity contribution in [3.63, 3.8) is 0 Å². The Balaban J connectivity index is 0.000000175. The van der Waals surface area contributed by atoms with Crippen LogP contribution in [0.2, 0.25) is 0 Å². The van der Waals surface area contributed by atoms with Gasteiger partial charge < -0.3 is 24.1 Å². The van der Waals surface area contributed by atoms with E-state index in [2.05, 4.69) is 34.3 Å². The van der Waals surface area contributed by atoms with E-state index in [0.717, 1.165) is 18.4 Å². The van der Waals surface area contributed by atoms with Crippen LogP contribution in [0.4, 0.5) is 17.6 Å². The number of hydrogen-bond donors (Lipinski definition) is 1. The van der Waals surface area contributed by atoms with E-state index in [1.807, 2.05) is 13.0 Å². The monoisotopic (exact) mass is 1080 g/mol. The van der Waals surface area contributed by atoms with Gasteiger partial charge in [-0.3, -0.25) is 29.1 Å². The van der Waals surface area contributed by atoms with Gasteiger partial charge in [-0.05, 0) is 152 Å². The number of hydrogen-bond acceptors (Lipinski definition) is 11. The number of ether oxygens (including phenoxy) is 4. The van der Waals surface area contributed by atoms with Crippen LogP contribution >= 0.6 is 0 Å². The maximum absolute atomic E-state index is 15.0. The van der Waals surface area contributed by atoms with Crippen molar-refractivity contribution >= 4 is 44.9 Å².